The van der Waals surface area contributed by atoms with Crippen LogP contribution in [0.15, 0.2) is 124 Å². The molecule has 0 saturated carbocycles. The first kappa shape index (κ1) is 45.2. The highest BCUT2D eigenvalue weighted by Crippen LogP contribution is 2.59. The van der Waals surface area contributed by atoms with Crippen molar-refractivity contribution in [2.75, 3.05) is 9.71 Å². The molecule has 0 fully saturated rings. The third-order valence-corrected chi connectivity index (χ3v) is 19.2. The summed E-state index contributed by atoms with van der Waals surface area (Å²) in [7, 11) is 0. The van der Waals surface area contributed by atoms with Crippen LogP contribution in [0.5, 0.6) is 0 Å². The average molecular weight is 957 g/mol. The normalized spacial score (nSPS) is 19.1. The topological polar surface area (TPSA) is 32.8 Å². The second-order valence-electron chi connectivity index (χ2n) is 27.1. The Hall–Kier alpha value is -6.46. The smallest absolute Gasteiger partial charge is 0.376 e. The van der Waals surface area contributed by atoms with E-state index in [1.54, 1.807) is 0 Å². The van der Waals surface area contributed by atoms with Gasteiger partial charge >= 0.3 is 6.85 Å². The van der Waals surface area contributed by atoms with Crippen LogP contribution in [0.1, 0.15) is 160 Å². The number of hydrogen-bond acceptors (Lipinski definition) is 4. The number of para-hydroxylation sites is 1. The Morgan fingerprint density at radius 1 is 0.493 bits per heavy atom. The second-order valence-corrected chi connectivity index (χ2v) is 27.1. The van der Waals surface area contributed by atoms with Crippen molar-refractivity contribution < 1.29 is 8.83 Å². The Balaban J connectivity index is 1.18. The van der Waals surface area contributed by atoms with Gasteiger partial charge in [-0.1, -0.05) is 151 Å². The van der Waals surface area contributed by atoms with Crippen LogP contribution in [0.4, 0.5) is 28.4 Å². The van der Waals surface area contributed by atoms with Crippen LogP contribution < -0.4 is 20.8 Å². The van der Waals surface area contributed by atoms with E-state index < -0.39 is 0 Å². The van der Waals surface area contributed by atoms with Crippen molar-refractivity contribution in [1.82, 2.24) is 0 Å². The molecule has 0 spiro atoms. The molecule has 366 valence electrons. The molecule has 2 aromatic heterocycles. The van der Waals surface area contributed by atoms with Crippen molar-refractivity contribution in [2.24, 2.45) is 0 Å². The molecule has 14 rings (SSSR count). The highest BCUT2D eigenvalue weighted by Gasteiger charge is 2.52. The molecule has 5 heteroatoms. The van der Waals surface area contributed by atoms with Crippen molar-refractivity contribution in [1.29, 1.82) is 0 Å². The fourth-order valence-corrected chi connectivity index (χ4v) is 14.6. The highest BCUT2D eigenvalue weighted by molar-refractivity contribution is 6.93. The van der Waals surface area contributed by atoms with Crippen molar-refractivity contribution in [2.45, 2.75) is 155 Å². The first-order chi connectivity index (χ1) is 34.5. The Bertz CT molecular complexity index is 3900. The molecule has 4 nitrogen and oxygen atoms in total. The number of hydrogen-bond donors (Lipinski definition) is 0. The van der Waals surface area contributed by atoms with E-state index in [1.807, 2.05) is 0 Å². The first-order valence-electron chi connectivity index (χ1n) is 27.2. The fraction of sp³-hybridized carbons (Fsp3) is 0.353. The van der Waals surface area contributed by atoms with E-state index in [0.717, 1.165) is 69.4 Å². The fourth-order valence-electron chi connectivity index (χ4n) is 14.6. The van der Waals surface area contributed by atoms with Gasteiger partial charge in [0.05, 0.1) is 5.69 Å². The van der Waals surface area contributed by atoms with Gasteiger partial charge in [-0.2, -0.15) is 0 Å². The lowest BCUT2D eigenvalue weighted by atomic mass is 9.45. The van der Waals surface area contributed by atoms with Crippen LogP contribution in [-0.2, 0) is 32.5 Å². The summed E-state index contributed by atoms with van der Waals surface area (Å²) in [5.41, 5.74) is 26.8. The number of nitrogens with zero attached hydrogens (tertiary/aromatic N) is 2. The van der Waals surface area contributed by atoms with E-state index in [2.05, 4.69) is 222 Å². The van der Waals surface area contributed by atoms with E-state index >= 15 is 0 Å². The van der Waals surface area contributed by atoms with Gasteiger partial charge in [-0.15, -0.1) is 0 Å². The van der Waals surface area contributed by atoms with Crippen LogP contribution in [0.2, 0.25) is 0 Å². The van der Waals surface area contributed by atoms with Crippen LogP contribution in [0, 0.1) is 6.92 Å². The number of rotatable bonds is 2. The summed E-state index contributed by atoms with van der Waals surface area (Å²) in [6, 6.07) is 44.9. The molecule has 0 amide bonds. The molecule has 0 radical (unpaired) electrons. The molecule has 0 atom stereocenters. The Labute approximate surface area is 432 Å². The van der Waals surface area contributed by atoms with E-state index in [-0.39, 0.29) is 39.3 Å². The maximum absolute atomic E-state index is 7.83. The largest absolute Gasteiger partial charge is 0.466 e. The minimum absolute atomic E-state index is 0.00234. The van der Waals surface area contributed by atoms with Crippen LogP contribution in [-0.4, -0.2) is 6.85 Å². The summed E-state index contributed by atoms with van der Waals surface area (Å²) < 4.78 is 15.1. The molecule has 4 heterocycles. The summed E-state index contributed by atoms with van der Waals surface area (Å²) in [5, 5.41) is 3.45. The molecular weight excluding hydrogens is 888 g/mol. The van der Waals surface area contributed by atoms with E-state index in [9.17, 15) is 0 Å². The number of anilines is 5. The van der Waals surface area contributed by atoms with Crippen molar-refractivity contribution in [3.05, 3.63) is 160 Å². The molecule has 0 N–H and O–H groups in total. The summed E-state index contributed by atoms with van der Waals surface area (Å²) in [6.45, 7) is 33.4. The van der Waals surface area contributed by atoms with Gasteiger partial charge in [-0.25, -0.2) is 0 Å². The van der Waals surface area contributed by atoms with E-state index in [1.165, 1.54) is 95.5 Å². The molecule has 9 aromatic rings. The minimum atomic E-state index is -0.328. The first-order valence-corrected chi connectivity index (χ1v) is 27.2. The van der Waals surface area contributed by atoms with Crippen LogP contribution >= 0.6 is 0 Å². The zero-order valence-electron chi connectivity index (χ0n) is 45.6. The van der Waals surface area contributed by atoms with Gasteiger partial charge in [-0.3, -0.25) is 0 Å². The summed E-state index contributed by atoms with van der Waals surface area (Å²) in [5.74, 6) is 0. The second kappa shape index (κ2) is 14.2. The predicted molar refractivity (Wildman–Crippen MR) is 309 cm³/mol. The Morgan fingerprint density at radius 2 is 1.10 bits per heavy atom. The van der Waals surface area contributed by atoms with Gasteiger partial charge in [0.15, 0.2) is 0 Å². The zero-order chi connectivity index (χ0) is 50.8. The number of benzene rings is 7. The van der Waals surface area contributed by atoms with Gasteiger partial charge < -0.3 is 18.5 Å². The highest BCUT2D eigenvalue weighted by atomic mass is 16.3. The molecule has 73 heavy (non-hydrogen) atoms. The third-order valence-electron chi connectivity index (χ3n) is 19.2. The Morgan fingerprint density at radius 3 is 1.78 bits per heavy atom. The molecule has 0 bridgehead atoms. The van der Waals surface area contributed by atoms with Gasteiger partial charge in [0.1, 0.15) is 22.4 Å². The van der Waals surface area contributed by atoms with Gasteiger partial charge in [0.2, 0.25) is 0 Å². The molecule has 0 unspecified atom stereocenters. The lowest BCUT2D eigenvalue weighted by molar-refractivity contribution is 0.332. The standard InChI is InChI=1S/C68H69BN2O2/c1-38-31-49-51(66(9,10)29-27-64(49,5)6)36-53(38)70-55-34-44-42-20-16-18-22-56(42)72-61(44)58-45-32-43-41-19-15-17-21-47(41)68(13,14)48(43)35-54(45)71(40-25-23-39(24-26-40)63(2,3)4)69(59(55)58)62-60(70)46-33-50-52(37-57(46)73-62)67(11,12)30-28-65(50,7)8/h15-26,31-37H,27-30H2,1-14H3. The monoisotopic (exact) mass is 957 g/mol. The maximum Gasteiger partial charge on any atom is 0.376 e. The average Bonchev–Trinajstić information content (AvgIpc) is 3.98. The molecule has 0 saturated heterocycles. The van der Waals surface area contributed by atoms with E-state index in [4.69, 9.17) is 8.83 Å². The van der Waals surface area contributed by atoms with Crippen molar-refractivity contribution in [3.8, 4) is 22.3 Å². The quantitative estimate of drug-likeness (QED) is 0.162. The van der Waals surface area contributed by atoms with Crippen molar-refractivity contribution >= 4 is 79.3 Å². The van der Waals surface area contributed by atoms with Gasteiger partial charge in [0, 0.05) is 55.5 Å². The van der Waals surface area contributed by atoms with Crippen LogP contribution in [0.3, 0.4) is 0 Å². The Kier molecular flexibility index (Phi) is 8.80. The molecule has 7 aromatic carbocycles. The summed E-state index contributed by atoms with van der Waals surface area (Å²) in [6.07, 6.45) is 4.58. The molecule has 5 aliphatic rings. The lowest BCUT2D eigenvalue weighted by Crippen LogP contribution is -2.61. The third kappa shape index (κ3) is 6.03. The molecule has 2 aliphatic heterocycles. The zero-order valence-corrected chi connectivity index (χ0v) is 45.6. The van der Waals surface area contributed by atoms with Crippen LogP contribution in [0.25, 0.3) is 55.2 Å². The SMILES string of the molecule is Cc1cc2c(cc1N1c3cc4c(oc5ccccc54)c4c3B(c3oc5cc6c(cc5c31)C(C)(C)CCC6(C)C)N(c1ccc(C(C)(C)C)cc1)c1cc3c(cc1-4)-c1ccccc1C3(C)C)C(C)(C)CCC2(C)C. The minimum Gasteiger partial charge on any atom is -0.466 e. The maximum atomic E-state index is 7.83. The number of furan rings is 2. The molecule has 3 aliphatic carbocycles. The summed E-state index contributed by atoms with van der Waals surface area (Å²) >= 11 is 0. The molecular formula is C68H69BN2O2. The number of aryl methyl sites for hydroxylation is 1. The van der Waals surface area contributed by atoms with E-state index in [0.29, 0.717) is 0 Å². The van der Waals surface area contributed by atoms with Gasteiger partial charge in [-0.05, 0) is 175 Å². The number of fused-ring (bicyclic) bond motifs is 15. The van der Waals surface area contributed by atoms with Gasteiger partial charge in [0.25, 0.3) is 0 Å². The predicted octanol–water partition coefficient (Wildman–Crippen LogP) is 17.7. The lowest BCUT2D eigenvalue weighted by Gasteiger charge is -2.46. The summed E-state index contributed by atoms with van der Waals surface area (Å²) in [4.78, 5) is 5.31. The van der Waals surface area contributed by atoms with Crippen molar-refractivity contribution in [3.63, 3.8) is 0 Å².